The maximum Gasteiger partial charge on any atom is 0.336 e. The first kappa shape index (κ1) is 30.8. The van der Waals surface area contributed by atoms with Crippen LogP contribution in [-0.4, -0.2) is 64.6 Å². The molecule has 1 aliphatic carbocycles. The largest absolute Gasteiger partial charge is 0.493 e. The van der Waals surface area contributed by atoms with E-state index in [4.69, 9.17) is 33.4 Å². The van der Waals surface area contributed by atoms with Crippen LogP contribution in [-0.2, 0) is 23.9 Å². The van der Waals surface area contributed by atoms with Gasteiger partial charge in [-0.3, -0.25) is 14.6 Å². The first-order valence-electron chi connectivity index (χ1n) is 13.9. The van der Waals surface area contributed by atoms with Crippen molar-refractivity contribution >= 4 is 23.4 Å². The molecule has 10 heteroatoms. The van der Waals surface area contributed by atoms with E-state index in [2.05, 4.69) is 0 Å². The maximum absolute atomic E-state index is 14.0. The number of rotatable bonds is 11. The Morgan fingerprint density at radius 2 is 1.57 bits per heavy atom. The van der Waals surface area contributed by atoms with Gasteiger partial charge in [-0.15, -0.1) is 0 Å². The van der Waals surface area contributed by atoms with Gasteiger partial charge in [-0.1, -0.05) is 12.1 Å². The number of benzene rings is 2. The lowest BCUT2D eigenvalue weighted by Crippen LogP contribution is -2.41. The summed E-state index contributed by atoms with van der Waals surface area (Å²) in [7, 11) is 4.67. The van der Waals surface area contributed by atoms with E-state index in [1.54, 1.807) is 39.3 Å². The van der Waals surface area contributed by atoms with Gasteiger partial charge in [0.05, 0.1) is 38.9 Å². The SMILES string of the molecule is CCOc1cc([C@@H]2C(C(=O)OCCOC)=C(C)N=C3C[C@H](c4ccc(OC)c(OC)c4)CC(=O)C32)ccc1OC(C)=O. The average molecular weight is 580 g/mol. The number of carbonyl (C=O) groups excluding carboxylic acids is 3. The van der Waals surface area contributed by atoms with Gasteiger partial charge in [0.2, 0.25) is 0 Å². The maximum atomic E-state index is 14.0. The molecule has 10 nitrogen and oxygen atoms in total. The van der Waals surface area contributed by atoms with Crippen LogP contribution in [0.3, 0.4) is 0 Å². The lowest BCUT2D eigenvalue weighted by Gasteiger charge is -2.38. The van der Waals surface area contributed by atoms with Gasteiger partial charge in [-0.2, -0.15) is 0 Å². The van der Waals surface area contributed by atoms with Crippen LogP contribution in [0.2, 0.25) is 0 Å². The summed E-state index contributed by atoms with van der Waals surface area (Å²) in [5.41, 5.74) is 3.08. The predicted octanol–water partition coefficient (Wildman–Crippen LogP) is 4.79. The molecule has 0 amide bonds. The van der Waals surface area contributed by atoms with Crippen molar-refractivity contribution < 1.29 is 42.8 Å². The highest BCUT2D eigenvalue weighted by Gasteiger charge is 2.46. The molecule has 1 saturated carbocycles. The van der Waals surface area contributed by atoms with Gasteiger partial charge in [0.25, 0.3) is 0 Å². The molecule has 1 unspecified atom stereocenters. The molecule has 42 heavy (non-hydrogen) atoms. The van der Waals surface area contributed by atoms with Gasteiger partial charge in [0, 0.05) is 37.8 Å². The van der Waals surface area contributed by atoms with Gasteiger partial charge in [0.1, 0.15) is 12.4 Å². The van der Waals surface area contributed by atoms with Crippen LogP contribution in [0.25, 0.3) is 0 Å². The number of methoxy groups -OCH3 is 3. The fourth-order valence-electron chi connectivity index (χ4n) is 5.67. The van der Waals surface area contributed by atoms with E-state index in [-0.39, 0.29) is 37.1 Å². The second kappa shape index (κ2) is 13.7. The molecule has 0 saturated heterocycles. The van der Waals surface area contributed by atoms with E-state index >= 15 is 0 Å². The molecule has 224 valence electrons. The molecule has 0 aromatic heterocycles. The third-order valence-corrected chi connectivity index (χ3v) is 7.45. The molecule has 3 atom stereocenters. The van der Waals surface area contributed by atoms with Crippen LogP contribution in [0.4, 0.5) is 0 Å². The number of carbonyl (C=O) groups is 3. The molecule has 2 aromatic rings. The number of hydrogen-bond donors (Lipinski definition) is 0. The molecular formula is C32H37NO9. The van der Waals surface area contributed by atoms with E-state index in [0.717, 1.165) is 5.56 Å². The Morgan fingerprint density at radius 1 is 0.881 bits per heavy atom. The summed E-state index contributed by atoms with van der Waals surface area (Å²) < 4.78 is 32.6. The molecule has 0 N–H and O–H groups in total. The molecule has 0 spiro atoms. The van der Waals surface area contributed by atoms with Crippen molar-refractivity contribution in [3.63, 3.8) is 0 Å². The Bertz CT molecular complexity index is 1410. The van der Waals surface area contributed by atoms with Crippen molar-refractivity contribution in [3.8, 4) is 23.0 Å². The van der Waals surface area contributed by atoms with Gasteiger partial charge in [0.15, 0.2) is 23.0 Å². The number of ether oxygens (including phenoxy) is 6. The number of aliphatic imine (C=N–C) groups is 1. The zero-order valence-electron chi connectivity index (χ0n) is 24.9. The van der Waals surface area contributed by atoms with Crippen molar-refractivity contribution in [1.29, 1.82) is 0 Å². The highest BCUT2D eigenvalue weighted by molar-refractivity contribution is 6.12. The number of esters is 2. The fourth-order valence-corrected chi connectivity index (χ4v) is 5.67. The minimum absolute atomic E-state index is 0.0403. The molecule has 0 radical (unpaired) electrons. The van der Waals surface area contributed by atoms with Gasteiger partial charge >= 0.3 is 11.9 Å². The normalized spacial score (nSPS) is 19.9. The van der Waals surface area contributed by atoms with Crippen LogP contribution in [0, 0.1) is 5.92 Å². The van der Waals surface area contributed by atoms with Crippen molar-refractivity contribution in [2.75, 3.05) is 41.2 Å². The van der Waals surface area contributed by atoms with Crippen LogP contribution in [0.5, 0.6) is 23.0 Å². The minimum atomic E-state index is -0.677. The van der Waals surface area contributed by atoms with Gasteiger partial charge in [-0.25, -0.2) is 4.79 Å². The van der Waals surface area contributed by atoms with E-state index < -0.39 is 23.8 Å². The third-order valence-electron chi connectivity index (χ3n) is 7.45. The standard InChI is InChI=1S/C32H37NO9/c1-7-40-28-17-21(9-11-26(28)42-19(3)34)30-29(32(36)41-13-12-37-4)18(2)33-23-14-22(15-24(35)31(23)30)20-8-10-25(38-5)27(16-20)39-6/h8-11,16-17,22,30-31H,7,12-15H2,1-6H3/t22-,30+,31?/m0/s1. The Hall–Kier alpha value is -4.18. The Balaban J connectivity index is 1.78. The number of Topliss-reactive ketones (excluding diaryl/α,β-unsaturated/α-hetero) is 1. The number of ketones is 1. The summed E-state index contributed by atoms with van der Waals surface area (Å²) >= 11 is 0. The summed E-state index contributed by atoms with van der Waals surface area (Å²) in [6.07, 6.45) is 0.778. The molecular weight excluding hydrogens is 542 g/mol. The summed E-state index contributed by atoms with van der Waals surface area (Å²) in [6, 6.07) is 10.7. The fraction of sp³-hybridized carbons (Fsp3) is 0.438. The first-order chi connectivity index (χ1) is 20.2. The predicted molar refractivity (Wildman–Crippen MR) is 155 cm³/mol. The van der Waals surface area contributed by atoms with Gasteiger partial charge in [-0.05, 0) is 61.6 Å². The average Bonchev–Trinajstić information content (AvgIpc) is 2.96. The van der Waals surface area contributed by atoms with E-state index in [1.807, 2.05) is 25.1 Å². The monoisotopic (exact) mass is 579 g/mol. The Morgan fingerprint density at radius 3 is 2.24 bits per heavy atom. The summed E-state index contributed by atoms with van der Waals surface area (Å²) in [4.78, 5) is 43.9. The summed E-state index contributed by atoms with van der Waals surface area (Å²) in [6.45, 7) is 5.50. The van der Waals surface area contributed by atoms with Crippen LogP contribution >= 0.6 is 0 Å². The van der Waals surface area contributed by atoms with Crippen molar-refractivity contribution in [3.05, 3.63) is 58.8 Å². The highest BCUT2D eigenvalue weighted by Crippen LogP contribution is 2.48. The lowest BCUT2D eigenvalue weighted by atomic mass is 9.66. The quantitative estimate of drug-likeness (QED) is 0.210. The summed E-state index contributed by atoms with van der Waals surface area (Å²) in [5.74, 6) is -0.775. The molecule has 1 fully saturated rings. The lowest BCUT2D eigenvalue weighted by molar-refractivity contribution is -0.141. The van der Waals surface area contributed by atoms with Gasteiger partial charge < -0.3 is 28.4 Å². The topological polar surface area (TPSA) is 119 Å². The van der Waals surface area contributed by atoms with Crippen molar-refractivity contribution in [1.82, 2.24) is 0 Å². The third kappa shape index (κ3) is 6.49. The number of hydrogen-bond acceptors (Lipinski definition) is 10. The molecule has 1 heterocycles. The van der Waals surface area contributed by atoms with E-state index in [1.165, 1.54) is 14.0 Å². The number of allylic oxidation sites excluding steroid dienone is 1. The van der Waals surface area contributed by atoms with Crippen LogP contribution in [0.15, 0.2) is 52.7 Å². The number of nitrogens with zero attached hydrogens (tertiary/aromatic N) is 1. The van der Waals surface area contributed by atoms with Crippen LogP contribution in [0.1, 0.15) is 56.6 Å². The second-order valence-corrected chi connectivity index (χ2v) is 10.1. The molecule has 2 aliphatic rings. The molecule has 2 aromatic carbocycles. The van der Waals surface area contributed by atoms with E-state index in [9.17, 15) is 14.4 Å². The Labute approximate surface area is 245 Å². The van der Waals surface area contributed by atoms with Crippen molar-refractivity contribution in [2.24, 2.45) is 10.9 Å². The van der Waals surface area contributed by atoms with E-state index in [0.29, 0.717) is 52.8 Å². The number of fused-ring (bicyclic) bond motifs is 1. The molecule has 1 aliphatic heterocycles. The smallest absolute Gasteiger partial charge is 0.336 e. The minimum Gasteiger partial charge on any atom is -0.493 e. The first-order valence-corrected chi connectivity index (χ1v) is 13.9. The van der Waals surface area contributed by atoms with Crippen LogP contribution < -0.4 is 18.9 Å². The highest BCUT2D eigenvalue weighted by atomic mass is 16.6. The molecule has 0 bridgehead atoms. The summed E-state index contributed by atoms with van der Waals surface area (Å²) in [5, 5.41) is 0. The second-order valence-electron chi connectivity index (χ2n) is 10.1. The zero-order valence-corrected chi connectivity index (χ0v) is 24.9. The zero-order chi connectivity index (χ0) is 30.4. The molecule has 4 rings (SSSR count). The van der Waals surface area contributed by atoms with Crippen molar-refractivity contribution in [2.45, 2.75) is 45.4 Å². The Kier molecular flexibility index (Phi) is 10.0.